The summed E-state index contributed by atoms with van der Waals surface area (Å²) in [6.45, 7) is 0. The van der Waals surface area contributed by atoms with Crippen LogP contribution in [0.25, 0.3) is 0 Å². The number of carbonyl (C=O) groups excluding carboxylic acids is 2. The molecule has 0 spiro atoms. The van der Waals surface area contributed by atoms with Crippen LogP contribution >= 0.6 is 11.6 Å². The van der Waals surface area contributed by atoms with E-state index in [0.717, 1.165) is 22.6 Å². The predicted molar refractivity (Wildman–Crippen MR) is 124 cm³/mol. The van der Waals surface area contributed by atoms with E-state index in [-0.39, 0.29) is 23.5 Å². The maximum atomic E-state index is 13.0. The second-order valence-corrected chi connectivity index (χ2v) is 8.27. The number of rotatable bonds is 3. The topological polar surface area (TPSA) is 58.2 Å². The fourth-order valence-corrected chi connectivity index (χ4v) is 4.64. The van der Waals surface area contributed by atoms with Gasteiger partial charge in [0.25, 0.3) is 0 Å². The molecule has 0 bridgehead atoms. The Hall–Kier alpha value is -3.37. The van der Waals surface area contributed by atoms with Crippen LogP contribution in [0, 0.1) is 5.92 Å². The Morgan fingerprint density at radius 3 is 2.48 bits per heavy atom. The summed E-state index contributed by atoms with van der Waals surface area (Å²) in [5.41, 5.74) is 4.59. The van der Waals surface area contributed by atoms with Crippen LogP contribution in [0.4, 0.5) is 11.4 Å². The number of hydrogen-bond acceptors (Lipinski definition) is 4. The number of halogens is 1. The van der Waals surface area contributed by atoms with E-state index in [1.807, 2.05) is 72.8 Å². The normalized spacial score (nSPS) is 19.8. The summed E-state index contributed by atoms with van der Waals surface area (Å²) in [5.74, 6) is -0.229. The van der Waals surface area contributed by atoms with Crippen molar-refractivity contribution < 1.29 is 9.59 Å². The Bertz CT molecular complexity index is 1200. The van der Waals surface area contributed by atoms with Crippen LogP contribution in [0.1, 0.15) is 40.4 Å². The van der Waals surface area contributed by atoms with Crippen molar-refractivity contribution in [1.82, 2.24) is 0 Å². The first-order valence-corrected chi connectivity index (χ1v) is 10.7. The minimum Gasteiger partial charge on any atom is -0.375 e. The highest BCUT2D eigenvalue weighted by molar-refractivity contribution is 6.31. The number of ketones is 2. The van der Waals surface area contributed by atoms with Crippen LogP contribution in [0.15, 0.2) is 84.6 Å². The molecule has 1 aliphatic carbocycles. The molecule has 2 aliphatic rings. The van der Waals surface area contributed by atoms with Crippen LogP contribution < -0.4 is 10.6 Å². The van der Waals surface area contributed by atoms with Gasteiger partial charge in [0, 0.05) is 28.3 Å². The highest BCUT2D eigenvalue weighted by Crippen LogP contribution is 2.43. The summed E-state index contributed by atoms with van der Waals surface area (Å²) in [6, 6.07) is 22.1. The number of allylic oxidation sites excluding steroid dienone is 1. The van der Waals surface area contributed by atoms with Crippen molar-refractivity contribution in [3.8, 4) is 0 Å². The average Bonchev–Trinajstić information content (AvgIpc) is 2.96. The molecular formula is C26H21ClN2O2. The van der Waals surface area contributed by atoms with Gasteiger partial charge in [0.15, 0.2) is 5.78 Å². The second-order valence-electron chi connectivity index (χ2n) is 7.87. The van der Waals surface area contributed by atoms with Crippen molar-refractivity contribution in [2.45, 2.75) is 18.9 Å². The smallest absolute Gasteiger partial charge is 0.193 e. The maximum absolute atomic E-state index is 13.0. The van der Waals surface area contributed by atoms with E-state index in [1.165, 1.54) is 0 Å². The van der Waals surface area contributed by atoms with Crippen LogP contribution in [-0.2, 0) is 4.79 Å². The number of fused-ring (bicyclic) bond motifs is 2. The first kappa shape index (κ1) is 19.6. The predicted octanol–water partition coefficient (Wildman–Crippen LogP) is 6.01. The first-order chi connectivity index (χ1) is 15.1. The standard InChI is InChI=1S/C26H21ClN2O2/c27-19-10-5-4-9-18(19)25-24-21(11-6-12-23(24)30)28-22-15-17(13-14-20(22)29-25)26(31)16-7-2-1-3-8-16/h1-5,7-11,13-15,24-25,28-29H,6,12H2/t24-,25-/m0/s1. The molecule has 4 nitrogen and oxygen atoms in total. The van der Waals surface area contributed by atoms with Gasteiger partial charge >= 0.3 is 0 Å². The number of nitrogens with one attached hydrogen (secondary N) is 2. The highest BCUT2D eigenvalue weighted by Gasteiger charge is 2.38. The fourth-order valence-electron chi connectivity index (χ4n) is 4.38. The molecule has 5 rings (SSSR count). The summed E-state index contributed by atoms with van der Waals surface area (Å²) < 4.78 is 0. The molecule has 2 N–H and O–H groups in total. The van der Waals surface area contributed by atoms with Gasteiger partial charge in [-0.1, -0.05) is 66.2 Å². The monoisotopic (exact) mass is 428 g/mol. The van der Waals surface area contributed by atoms with Gasteiger partial charge in [0.2, 0.25) is 0 Å². The van der Waals surface area contributed by atoms with E-state index in [2.05, 4.69) is 16.7 Å². The van der Waals surface area contributed by atoms with Gasteiger partial charge in [0.1, 0.15) is 5.78 Å². The van der Waals surface area contributed by atoms with E-state index >= 15 is 0 Å². The Morgan fingerprint density at radius 2 is 1.68 bits per heavy atom. The van der Waals surface area contributed by atoms with Crippen molar-refractivity contribution in [3.05, 3.63) is 106 Å². The Kier molecular flexibility index (Phi) is 5.08. The molecule has 0 saturated carbocycles. The lowest BCUT2D eigenvalue weighted by Gasteiger charge is -2.30. The zero-order valence-electron chi connectivity index (χ0n) is 16.8. The molecule has 0 fully saturated rings. The van der Waals surface area contributed by atoms with E-state index in [4.69, 9.17) is 11.6 Å². The van der Waals surface area contributed by atoms with E-state index < -0.39 is 0 Å². The van der Waals surface area contributed by atoms with Gasteiger partial charge in [0.05, 0.1) is 23.3 Å². The molecular weight excluding hydrogens is 408 g/mol. The molecule has 31 heavy (non-hydrogen) atoms. The van der Waals surface area contributed by atoms with E-state index in [0.29, 0.717) is 29.0 Å². The molecule has 1 aliphatic heterocycles. The summed E-state index contributed by atoms with van der Waals surface area (Å²) in [6.07, 6.45) is 3.29. The number of anilines is 2. The molecule has 1 heterocycles. The summed E-state index contributed by atoms with van der Waals surface area (Å²) in [7, 11) is 0. The third kappa shape index (κ3) is 3.64. The van der Waals surface area contributed by atoms with Gasteiger partial charge in [-0.2, -0.15) is 0 Å². The lowest BCUT2D eigenvalue weighted by Crippen LogP contribution is -2.32. The minimum absolute atomic E-state index is 0.0395. The molecule has 3 aromatic rings. The zero-order chi connectivity index (χ0) is 21.4. The first-order valence-electron chi connectivity index (χ1n) is 10.4. The van der Waals surface area contributed by atoms with Crippen LogP contribution in [-0.4, -0.2) is 11.6 Å². The van der Waals surface area contributed by atoms with Crippen molar-refractivity contribution >= 4 is 34.5 Å². The van der Waals surface area contributed by atoms with E-state index in [9.17, 15) is 9.59 Å². The quantitative estimate of drug-likeness (QED) is 0.501. The Balaban J connectivity index is 1.59. The zero-order valence-corrected chi connectivity index (χ0v) is 17.5. The van der Waals surface area contributed by atoms with Crippen molar-refractivity contribution in [2.75, 3.05) is 10.6 Å². The number of Topliss-reactive ketones (excluding diaryl/α,β-unsaturated/α-hetero) is 1. The van der Waals surface area contributed by atoms with E-state index in [1.54, 1.807) is 0 Å². The van der Waals surface area contributed by atoms with Crippen molar-refractivity contribution in [1.29, 1.82) is 0 Å². The average molecular weight is 429 g/mol. The second kappa shape index (κ2) is 8.05. The highest BCUT2D eigenvalue weighted by atomic mass is 35.5. The summed E-state index contributed by atoms with van der Waals surface area (Å²) >= 11 is 6.52. The van der Waals surface area contributed by atoms with Gasteiger partial charge in [-0.3, -0.25) is 9.59 Å². The summed E-state index contributed by atoms with van der Waals surface area (Å²) in [5, 5.41) is 7.59. The number of benzene rings is 3. The van der Waals surface area contributed by atoms with Gasteiger partial charge in [-0.05, 0) is 36.2 Å². The third-order valence-electron chi connectivity index (χ3n) is 5.92. The third-order valence-corrected chi connectivity index (χ3v) is 6.26. The van der Waals surface area contributed by atoms with Gasteiger partial charge < -0.3 is 10.6 Å². The molecule has 0 radical (unpaired) electrons. The molecule has 0 unspecified atom stereocenters. The van der Waals surface area contributed by atoms with Crippen molar-refractivity contribution in [2.24, 2.45) is 5.92 Å². The lowest BCUT2D eigenvalue weighted by molar-refractivity contribution is -0.122. The molecule has 0 aromatic heterocycles. The molecule has 154 valence electrons. The Labute approximate surface area is 185 Å². The number of carbonyl (C=O) groups is 2. The van der Waals surface area contributed by atoms with Gasteiger partial charge in [-0.25, -0.2) is 0 Å². The molecule has 2 atom stereocenters. The maximum Gasteiger partial charge on any atom is 0.193 e. The fraction of sp³-hybridized carbons (Fsp3) is 0.154. The van der Waals surface area contributed by atoms with Crippen LogP contribution in [0.2, 0.25) is 5.02 Å². The van der Waals surface area contributed by atoms with Crippen LogP contribution in [0.5, 0.6) is 0 Å². The van der Waals surface area contributed by atoms with Gasteiger partial charge in [-0.15, -0.1) is 0 Å². The molecule has 0 amide bonds. The van der Waals surface area contributed by atoms with Crippen LogP contribution in [0.3, 0.4) is 0 Å². The summed E-state index contributed by atoms with van der Waals surface area (Å²) in [4.78, 5) is 25.9. The lowest BCUT2D eigenvalue weighted by atomic mass is 9.82. The molecule has 0 saturated heterocycles. The minimum atomic E-state index is -0.366. The Morgan fingerprint density at radius 1 is 0.903 bits per heavy atom. The van der Waals surface area contributed by atoms with Crippen molar-refractivity contribution in [3.63, 3.8) is 0 Å². The number of hydrogen-bond donors (Lipinski definition) is 2. The molecule has 5 heteroatoms. The SMILES string of the molecule is O=C(c1ccccc1)c1ccc2c(c1)NC1=CCCC(=O)[C@H]1[C@H](c1ccccc1Cl)N2. The molecule has 3 aromatic carbocycles. The largest absolute Gasteiger partial charge is 0.375 e.